The minimum absolute atomic E-state index is 0.0523. The van der Waals surface area contributed by atoms with Gasteiger partial charge in [0.05, 0.1) is 9.77 Å². The fourth-order valence-electron chi connectivity index (χ4n) is 4.62. The Morgan fingerprint density at radius 2 is 1.93 bits per heavy atom. The van der Waals surface area contributed by atoms with Gasteiger partial charge in [0.15, 0.2) is 0 Å². The van der Waals surface area contributed by atoms with E-state index in [0.29, 0.717) is 22.4 Å². The highest BCUT2D eigenvalue weighted by molar-refractivity contribution is 7.89. The van der Waals surface area contributed by atoms with Gasteiger partial charge in [-0.2, -0.15) is 0 Å². The van der Waals surface area contributed by atoms with E-state index in [9.17, 15) is 13.2 Å². The fraction of sp³-hybridized carbons (Fsp3) is 0.450. The lowest BCUT2D eigenvalue weighted by Crippen LogP contribution is -2.40. The van der Waals surface area contributed by atoms with E-state index in [4.69, 9.17) is 0 Å². The van der Waals surface area contributed by atoms with Crippen molar-refractivity contribution >= 4 is 33.0 Å². The third-order valence-electron chi connectivity index (χ3n) is 5.94. The number of fused-ring (bicyclic) bond motifs is 2. The topological polar surface area (TPSA) is 75.3 Å². The zero-order chi connectivity index (χ0) is 19.0. The Morgan fingerprint density at radius 1 is 1.15 bits per heavy atom. The van der Waals surface area contributed by atoms with E-state index in [2.05, 4.69) is 10.0 Å². The number of hydrogen-bond donors (Lipinski definition) is 2. The molecule has 2 N–H and O–H groups in total. The highest BCUT2D eigenvalue weighted by Gasteiger charge is 2.42. The van der Waals surface area contributed by atoms with Crippen LogP contribution in [0.25, 0.3) is 0 Å². The zero-order valence-corrected chi connectivity index (χ0v) is 16.9. The molecule has 0 aliphatic heterocycles. The van der Waals surface area contributed by atoms with Crippen LogP contribution in [0.4, 0.5) is 5.69 Å². The number of thiophene rings is 1. The summed E-state index contributed by atoms with van der Waals surface area (Å²) in [7, 11) is -3.56. The summed E-state index contributed by atoms with van der Waals surface area (Å²) in [6.07, 6.45) is 4.94. The van der Waals surface area contributed by atoms with Gasteiger partial charge < -0.3 is 5.32 Å². The Labute approximate surface area is 164 Å². The van der Waals surface area contributed by atoms with Crippen molar-refractivity contribution < 1.29 is 13.2 Å². The molecule has 2 fully saturated rings. The number of rotatable bonds is 6. The van der Waals surface area contributed by atoms with Crippen LogP contribution in [-0.2, 0) is 10.0 Å². The van der Waals surface area contributed by atoms with Gasteiger partial charge in [0, 0.05) is 11.7 Å². The van der Waals surface area contributed by atoms with Gasteiger partial charge in [-0.15, -0.1) is 11.3 Å². The van der Waals surface area contributed by atoms with Gasteiger partial charge in [0.25, 0.3) is 5.91 Å². The van der Waals surface area contributed by atoms with Crippen molar-refractivity contribution in [3.05, 3.63) is 46.7 Å². The third-order valence-corrected chi connectivity index (χ3v) is 8.39. The lowest BCUT2D eigenvalue weighted by Gasteiger charge is -2.28. The maximum absolute atomic E-state index is 12.7. The SMILES string of the molecule is C[C@H](NS(=O)(=O)c1ccc(NC(=O)c2cccs2)cc1)[C@H]1C[C@H]2CC[C@H]1C2. The first-order valence-electron chi connectivity index (χ1n) is 9.39. The van der Waals surface area contributed by atoms with Gasteiger partial charge in [0.2, 0.25) is 10.0 Å². The summed E-state index contributed by atoms with van der Waals surface area (Å²) < 4.78 is 28.3. The van der Waals surface area contributed by atoms with Gasteiger partial charge in [-0.1, -0.05) is 12.5 Å². The van der Waals surface area contributed by atoms with Crippen molar-refractivity contribution in [2.24, 2.45) is 17.8 Å². The van der Waals surface area contributed by atoms with Gasteiger partial charge in [0.1, 0.15) is 0 Å². The summed E-state index contributed by atoms with van der Waals surface area (Å²) in [5, 5.41) is 4.62. The van der Waals surface area contributed by atoms with Crippen molar-refractivity contribution in [2.45, 2.75) is 43.5 Å². The van der Waals surface area contributed by atoms with Crippen LogP contribution >= 0.6 is 11.3 Å². The van der Waals surface area contributed by atoms with Crippen LogP contribution in [0.2, 0.25) is 0 Å². The summed E-state index contributed by atoms with van der Waals surface area (Å²) in [6, 6.07) is 9.85. The number of hydrogen-bond acceptors (Lipinski definition) is 4. The van der Waals surface area contributed by atoms with Crippen LogP contribution < -0.4 is 10.0 Å². The first-order valence-corrected chi connectivity index (χ1v) is 11.8. The summed E-state index contributed by atoms with van der Waals surface area (Å²) in [4.78, 5) is 12.9. The molecule has 2 saturated carbocycles. The van der Waals surface area contributed by atoms with Crippen LogP contribution in [-0.4, -0.2) is 20.4 Å². The van der Waals surface area contributed by atoms with Crippen LogP contribution in [0.15, 0.2) is 46.7 Å². The summed E-state index contributed by atoms with van der Waals surface area (Å²) in [5.74, 6) is 1.72. The minimum Gasteiger partial charge on any atom is -0.321 e. The largest absolute Gasteiger partial charge is 0.321 e. The van der Waals surface area contributed by atoms with E-state index in [1.165, 1.54) is 30.6 Å². The quantitative estimate of drug-likeness (QED) is 0.761. The monoisotopic (exact) mass is 404 g/mol. The highest BCUT2D eigenvalue weighted by atomic mass is 32.2. The Kier molecular flexibility index (Phi) is 5.09. The standard InChI is InChI=1S/C20H24N2O3S2/c1-13(18-12-14-4-5-15(18)11-14)22-27(24,25)17-8-6-16(7-9-17)21-20(23)19-3-2-10-26-19/h2-3,6-10,13-15,18,22H,4-5,11-12H2,1H3,(H,21,23)/t13-,14-,15-,18+/m0/s1. The molecule has 1 aromatic heterocycles. The van der Waals surface area contributed by atoms with Crippen molar-refractivity contribution in [2.75, 3.05) is 5.32 Å². The summed E-state index contributed by atoms with van der Waals surface area (Å²) in [6.45, 7) is 1.98. The normalized spacial score (nSPS) is 25.4. The molecule has 0 spiro atoms. The third kappa shape index (κ3) is 3.95. The van der Waals surface area contributed by atoms with E-state index in [-0.39, 0.29) is 16.8 Å². The molecule has 144 valence electrons. The molecule has 1 amide bonds. The summed E-state index contributed by atoms with van der Waals surface area (Å²) in [5.41, 5.74) is 0.577. The fourth-order valence-corrected chi connectivity index (χ4v) is 6.54. The van der Waals surface area contributed by atoms with E-state index >= 15 is 0 Å². The van der Waals surface area contributed by atoms with E-state index in [1.54, 1.807) is 30.3 Å². The lowest BCUT2D eigenvalue weighted by atomic mass is 9.84. The maximum atomic E-state index is 12.7. The number of amides is 1. The second-order valence-corrected chi connectivity index (χ2v) is 10.4. The average Bonchev–Trinajstić information content (AvgIpc) is 3.39. The van der Waals surface area contributed by atoms with E-state index < -0.39 is 10.0 Å². The number of nitrogens with one attached hydrogen (secondary N) is 2. The molecule has 0 saturated heterocycles. The van der Waals surface area contributed by atoms with Crippen LogP contribution in [0, 0.1) is 17.8 Å². The Hall–Kier alpha value is -1.70. The van der Waals surface area contributed by atoms with Gasteiger partial charge >= 0.3 is 0 Å². The zero-order valence-electron chi connectivity index (χ0n) is 15.2. The van der Waals surface area contributed by atoms with Crippen molar-refractivity contribution in [1.29, 1.82) is 0 Å². The Bertz CT molecular complexity index is 907. The second kappa shape index (κ2) is 7.37. The maximum Gasteiger partial charge on any atom is 0.265 e. The lowest BCUT2D eigenvalue weighted by molar-refractivity contribution is 0.103. The number of carbonyl (C=O) groups is 1. The number of benzene rings is 1. The second-order valence-electron chi connectivity index (χ2n) is 7.70. The summed E-state index contributed by atoms with van der Waals surface area (Å²) >= 11 is 1.36. The molecule has 2 aliphatic rings. The molecule has 4 rings (SSSR count). The first-order chi connectivity index (χ1) is 12.9. The van der Waals surface area contributed by atoms with Crippen molar-refractivity contribution in [1.82, 2.24) is 4.72 Å². The Balaban J connectivity index is 1.40. The van der Waals surface area contributed by atoms with Gasteiger partial charge in [-0.05, 0) is 79.7 Å². The Morgan fingerprint density at radius 3 is 2.52 bits per heavy atom. The molecule has 0 radical (unpaired) electrons. The van der Waals surface area contributed by atoms with E-state index in [1.807, 2.05) is 18.4 Å². The van der Waals surface area contributed by atoms with Crippen LogP contribution in [0.5, 0.6) is 0 Å². The molecule has 1 aromatic carbocycles. The molecule has 0 unspecified atom stereocenters. The van der Waals surface area contributed by atoms with Crippen molar-refractivity contribution in [3.8, 4) is 0 Å². The average molecular weight is 405 g/mol. The molecule has 4 atom stereocenters. The number of anilines is 1. The van der Waals surface area contributed by atoms with Gasteiger partial charge in [-0.25, -0.2) is 13.1 Å². The van der Waals surface area contributed by atoms with E-state index in [0.717, 1.165) is 12.3 Å². The molecule has 27 heavy (non-hydrogen) atoms. The molecule has 2 bridgehead atoms. The molecular weight excluding hydrogens is 380 g/mol. The van der Waals surface area contributed by atoms with Crippen LogP contribution in [0.3, 0.4) is 0 Å². The smallest absolute Gasteiger partial charge is 0.265 e. The highest BCUT2D eigenvalue weighted by Crippen LogP contribution is 2.49. The molecule has 7 heteroatoms. The number of sulfonamides is 1. The van der Waals surface area contributed by atoms with Crippen LogP contribution in [0.1, 0.15) is 42.3 Å². The molecule has 2 aliphatic carbocycles. The predicted molar refractivity (Wildman–Crippen MR) is 107 cm³/mol. The predicted octanol–water partition coefficient (Wildman–Crippen LogP) is 4.10. The molecular formula is C20H24N2O3S2. The molecule has 2 aromatic rings. The number of carbonyl (C=O) groups excluding carboxylic acids is 1. The van der Waals surface area contributed by atoms with Crippen molar-refractivity contribution in [3.63, 3.8) is 0 Å². The molecule has 1 heterocycles. The van der Waals surface area contributed by atoms with Gasteiger partial charge in [-0.3, -0.25) is 4.79 Å². The molecule has 5 nitrogen and oxygen atoms in total. The first kappa shape index (κ1) is 18.7. The minimum atomic E-state index is -3.56.